The van der Waals surface area contributed by atoms with E-state index in [1.165, 1.54) is 77.0 Å². The molecule has 2 aliphatic rings. The van der Waals surface area contributed by atoms with Gasteiger partial charge in [-0.15, -0.1) is 0 Å². The molecule has 0 bridgehead atoms. The highest BCUT2D eigenvalue weighted by Crippen LogP contribution is 2.41. The van der Waals surface area contributed by atoms with Gasteiger partial charge in [0.2, 0.25) is 0 Å². The fourth-order valence-electron chi connectivity index (χ4n) is 5.26. The second-order valence-electron chi connectivity index (χ2n) is 9.62. The maximum absolute atomic E-state index is 9.69. The fraction of sp³-hybridized carbons (Fsp3) is 0.960. The number of hydrogen-bond donors (Lipinski definition) is 0. The largest absolute Gasteiger partial charge is 0.378 e. The molecule has 0 spiro atoms. The van der Waals surface area contributed by atoms with Crippen molar-refractivity contribution in [2.45, 2.75) is 129 Å². The lowest BCUT2D eigenvalue weighted by Crippen LogP contribution is -2.31. The van der Waals surface area contributed by atoms with E-state index >= 15 is 0 Å². The average molecular weight is 376 g/mol. The quantitative estimate of drug-likeness (QED) is 0.326. The smallest absolute Gasteiger partial charge is 0.0689 e. The molecule has 0 aliphatic heterocycles. The lowest BCUT2D eigenvalue weighted by Gasteiger charge is -2.36. The standard InChI is InChI=1S/C25H45NO/c1-3-5-7-8-10-22-11-13-23(14-12-22)20-27-24-15-18-25(21-26,19-16-24)17-9-6-4-2/h22-24H,3-20H2,1-2H3. The predicted octanol–water partition coefficient (Wildman–Crippen LogP) is 7.81. The number of ether oxygens (including phenoxy) is 1. The normalized spacial score (nSPS) is 31.5. The second-order valence-corrected chi connectivity index (χ2v) is 9.62. The van der Waals surface area contributed by atoms with Crippen LogP contribution in [0, 0.1) is 28.6 Å². The van der Waals surface area contributed by atoms with E-state index < -0.39 is 0 Å². The minimum atomic E-state index is -0.0368. The zero-order chi connectivity index (χ0) is 19.4. The van der Waals surface area contributed by atoms with Crippen LogP contribution in [0.3, 0.4) is 0 Å². The van der Waals surface area contributed by atoms with Gasteiger partial charge in [-0.05, 0) is 56.8 Å². The van der Waals surface area contributed by atoms with E-state index in [1.54, 1.807) is 0 Å². The Morgan fingerprint density at radius 3 is 2.07 bits per heavy atom. The lowest BCUT2D eigenvalue weighted by molar-refractivity contribution is -0.0185. The van der Waals surface area contributed by atoms with Crippen molar-refractivity contribution >= 4 is 0 Å². The number of unbranched alkanes of at least 4 members (excludes halogenated alkanes) is 5. The molecule has 0 atom stereocenters. The molecule has 0 N–H and O–H groups in total. The van der Waals surface area contributed by atoms with Crippen molar-refractivity contribution in [3.05, 3.63) is 0 Å². The van der Waals surface area contributed by atoms with Crippen LogP contribution in [0.1, 0.15) is 123 Å². The van der Waals surface area contributed by atoms with Crippen molar-refractivity contribution in [3.8, 4) is 6.07 Å². The highest BCUT2D eigenvalue weighted by atomic mass is 16.5. The first-order chi connectivity index (χ1) is 13.2. The van der Waals surface area contributed by atoms with Gasteiger partial charge in [0.1, 0.15) is 0 Å². The van der Waals surface area contributed by atoms with E-state index in [0.717, 1.165) is 50.5 Å². The molecule has 2 saturated carbocycles. The molecule has 2 nitrogen and oxygen atoms in total. The molecule has 0 heterocycles. The highest BCUT2D eigenvalue weighted by molar-refractivity contribution is 5.01. The van der Waals surface area contributed by atoms with Crippen LogP contribution in [0.5, 0.6) is 0 Å². The minimum absolute atomic E-state index is 0.0368. The van der Waals surface area contributed by atoms with Gasteiger partial charge in [-0.25, -0.2) is 0 Å². The summed E-state index contributed by atoms with van der Waals surface area (Å²) >= 11 is 0. The summed E-state index contributed by atoms with van der Waals surface area (Å²) in [5, 5.41) is 9.69. The summed E-state index contributed by atoms with van der Waals surface area (Å²) < 4.78 is 6.32. The Morgan fingerprint density at radius 1 is 0.815 bits per heavy atom. The Labute approximate surface area is 169 Å². The molecule has 0 radical (unpaired) electrons. The Balaban J connectivity index is 1.57. The summed E-state index contributed by atoms with van der Waals surface area (Å²) in [5.41, 5.74) is -0.0368. The molecule has 0 saturated heterocycles. The zero-order valence-corrected chi connectivity index (χ0v) is 18.3. The molecule has 0 aromatic heterocycles. The molecule has 0 aromatic rings. The van der Waals surface area contributed by atoms with Crippen LogP contribution in [-0.2, 0) is 4.74 Å². The maximum atomic E-state index is 9.69. The van der Waals surface area contributed by atoms with Gasteiger partial charge in [0.05, 0.1) is 17.6 Å². The Bertz CT molecular complexity index is 411. The molecule has 2 aliphatic carbocycles. The third kappa shape index (κ3) is 8.15. The fourth-order valence-corrected chi connectivity index (χ4v) is 5.26. The SMILES string of the molecule is CCCCCCC1CCC(COC2CCC(C#N)(CCCCC)CC2)CC1. The molecule has 2 heteroatoms. The molecule has 2 rings (SSSR count). The van der Waals surface area contributed by atoms with Crippen molar-refractivity contribution in [2.24, 2.45) is 17.3 Å². The van der Waals surface area contributed by atoms with Crippen molar-refractivity contribution in [3.63, 3.8) is 0 Å². The third-order valence-corrected chi connectivity index (χ3v) is 7.39. The van der Waals surface area contributed by atoms with Crippen molar-refractivity contribution in [1.82, 2.24) is 0 Å². The maximum Gasteiger partial charge on any atom is 0.0689 e. The summed E-state index contributed by atoms with van der Waals surface area (Å²) in [7, 11) is 0. The van der Waals surface area contributed by atoms with Crippen molar-refractivity contribution in [2.75, 3.05) is 6.61 Å². The molecule has 156 valence electrons. The number of nitrogens with zero attached hydrogens (tertiary/aromatic N) is 1. The number of rotatable bonds is 12. The first-order valence-electron chi connectivity index (χ1n) is 12.2. The monoisotopic (exact) mass is 375 g/mol. The van der Waals surface area contributed by atoms with Gasteiger partial charge in [0.25, 0.3) is 0 Å². The van der Waals surface area contributed by atoms with Gasteiger partial charge in [0.15, 0.2) is 0 Å². The first kappa shape index (κ1) is 22.7. The van der Waals surface area contributed by atoms with Crippen LogP contribution in [0.25, 0.3) is 0 Å². The predicted molar refractivity (Wildman–Crippen MR) is 115 cm³/mol. The lowest BCUT2D eigenvalue weighted by atomic mass is 9.71. The van der Waals surface area contributed by atoms with Gasteiger partial charge in [0, 0.05) is 6.61 Å². The molecular formula is C25H45NO. The van der Waals surface area contributed by atoms with Gasteiger partial charge in [-0.1, -0.05) is 78.1 Å². The van der Waals surface area contributed by atoms with E-state index in [-0.39, 0.29) is 5.41 Å². The van der Waals surface area contributed by atoms with Crippen molar-refractivity contribution in [1.29, 1.82) is 5.26 Å². The Hall–Kier alpha value is -0.550. The molecule has 0 amide bonds. The van der Waals surface area contributed by atoms with Crippen LogP contribution in [0.15, 0.2) is 0 Å². The Kier molecular flexibility index (Phi) is 10.8. The van der Waals surface area contributed by atoms with E-state index in [1.807, 2.05) is 0 Å². The van der Waals surface area contributed by atoms with Crippen molar-refractivity contribution < 1.29 is 4.74 Å². The average Bonchev–Trinajstić information content (AvgIpc) is 2.72. The molecule has 0 aromatic carbocycles. The van der Waals surface area contributed by atoms with Crippen LogP contribution in [0.2, 0.25) is 0 Å². The topological polar surface area (TPSA) is 33.0 Å². The second kappa shape index (κ2) is 12.8. The van der Waals surface area contributed by atoms with Crippen LogP contribution >= 0.6 is 0 Å². The summed E-state index contributed by atoms with van der Waals surface area (Å²) in [4.78, 5) is 0. The zero-order valence-electron chi connectivity index (χ0n) is 18.3. The third-order valence-electron chi connectivity index (χ3n) is 7.39. The van der Waals surface area contributed by atoms with E-state index in [9.17, 15) is 5.26 Å². The highest BCUT2D eigenvalue weighted by Gasteiger charge is 2.35. The van der Waals surface area contributed by atoms with Gasteiger partial charge in [-0.3, -0.25) is 0 Å². The summed E-state index contributed by atoms with van der Waals surface area (Å²) in [6, 6.07) is 2.68. The van der Waals surface area contributed by atoms with Crippen LogP contribution < -0.4 is 0 Å². The number of nitriles is 1. The van der Waals surface area contributed by atoms with Gasteiger partial charge >= 0.3 is 0 Å². The Morgan fingerprint density at radius 2 is 1.44 bits per heavy atom. The molecular weight excluding hydrogens is 330 g/mol. The molecule has 2 fully saturated rings. The van der Waals surface area contributed by atoms with Crippen LogP contribution in [0.4, 0.5) is 0 Å². The number of hydrogen-bond acceptors (Lipinski definition) is 2. The van der Waals surface area contributed by atoms with E-state index in [0.29, 0.717) is 6.10 Å². The summed E-state index contributed by atoms with van der Waals surface area (Å²) in [6.07, 6.45) is 22.3. The minimum Gasteiger partial charge on any atom is -0.378 e. The van der Waals surface area contributed by atoms with E-state index in [2.05, 4.69) is 19.9 Å². The van der Waals surface area contributed by atoms with Crippen LogP contribution in [-0.4, -0.2) is 12.7 Å². The summed E-state index contributed by atoms with van der Waals surface area (Å²) in [6.45, 7) is 5.51. The summed E-state index contributed by atoms with van der Waals surface area (Å²) in [5.74, 6) is 1.79. The van der Waals surface area contributed by atoms with Gasteiger partial charge < -0.3 is 4.74 Å². The molecule has 27 heavy (non-hydrogen) atoms. The van der Waals surface area contributed by atoms with E-state index in [4.69, 9.17) is 4.74 Å². The molecule has 0 unspecified atom stereocenters. The van der Waals surface area contributed by atoms with Gasteiger partial charge in [-0.2, -0.15) is 5.26 Å². The first-order valence-corrected chi connectivity index (χ1v) is 12.2.